The number of rotatable bonds is 6. The summed E-state index contributed by atoms with van der Waals surface area (Å²) in [5.74, 6) is -0.323. The molecule has 1 heterocycles. The average molecular weight is 202 g/mol. The van der Waals surface area contributed by atoms with Gasteiger partial charge in [0.1, 0.15) is 6.10 Å². The second-order valence-electron chi connectivity index (χ2n) is 3.72. The molecule has 1 aliphatic rings. The fraction of sp³-hybridized carbons (Fsp3) is 1.00. The fourth-order valence-electron chi connectivity index (χ4n) is 1.82. The lowest BCUT2D eigenvalue weighted by Crippen LogP contribution is -2.30. The summed E-state index contributed by atoms with van der Waals surface area (Å²) >= 11 is 0. The lowest BCUT2D eigenvalue weighted by molar-refractivity contribution is -0.179. The van der Waals surface area contributed by atoms with Gasteiger partial charge in [0.15, 0.2) is 5.79 Å². The van der Waals surface area contributed by atoms with Crippen molar-refractivity contribution in [3.8, 4) is 0 Å². The molecule has 0 aromatic carbocycles. The molecule has 1 rings (SSSR count). The van der Waals surface area contributed by atoms with Crippen molar-refractivity contribution in [1.82, 2.24) is 0 Å². The largest absolute Gasteiger partial charge is 0.379 e. The van der Waals surface area contributed by atoms with Gasteiger partial charge in [-0.1, -0.05) is 20.3 Å². The van der Waals surface area contributed by atoms with E-state index in [-0.39, 0.29) is 11.9 Å². The molecule has 1 saturated heterocycles. The maximum absolute atomic E-state index is 5.89. The van der Waals surface area contributed by atoms with E-state index in [4.69, 9.17) is 14.2 Å². The lowest BCUT2D eigenvalue weighted by atomic mass is 10.1. The van der Waals surface area contributed by atoms with Crippen molar-refractivity contribution in [3.05, 3.63) is 0 Å². The van der Waals surface area contributed by atoms with Crippen LogP contribution in [0.1, 0.15) is 40.0 Å². The third-order valence-corrected chi connectivity index (χ3v) is 2.59. The topological polar surface area (TPSA) is 27.7 Å². The van der Waals surface area contributed by atoms with Gasteiger partial charge in [-0.05, 0) is 13.3 Å². The molecule has 2 atom stereocenters. The van der Waals surface area contributed by atoms with Crippen molar-refractivity contribution in [2.24, 2.45) is 0 Å². The highest BCUT2D eigenvalue weighted by Gasteiger charge is 2.38. The normalized spacial score (nSPS) is 32.4. The number of hydrogen-bond donors (Lipinski definition) is 0. The van der Waals surface area contributed by atoms with E-state index >= 15 is 0 Å². The third kappa shape index (κ3) is 2.94. The summed E-state index contributed by atoms with van der Waals surface area (Å²) < 4.78 is 17.0. The Morgan fingerprint density at radius 3 is 2.71 bits per heavy atom. The van der Waals surface area contributed by atoms with E-state index in [1.165, 1.54) is 0 Å². The SMILES string of the molecule is CCCC1(CC)OCC(COCC)O1. The highest BCUT2D eigenvalue weighted by atomic mass is 16.7. The van der Waals surface area contributed by atoms with Gasteiger partial charge in [0, 0.05) is 13.0 Å². The molecule has 0 aromatic rings. The molecule has 84 valence electrons. The first-order valence-corrected chi connectivity index (χ1v) is 5.65. The molecule has 0 aliphatic carbocycles. The molecular weight excluding hydrogens is 180 g/mol. The molecule has 0 N–H and O–H groups in total. The highest BCUT2D eigenvalue weighted by Crippen LogP contribution is 2.31. The summed E-state index contributed by atoms with van der Waals surface area (Å²) in [6.07, 6.45) is 3.12. The van der Waals surface area contributed by atoms with Crippen LogP contribution in [0.2, 0.25) is 0 Å². The summed E-state index contributed by atoms with van der Waals surface area (Å²) in [4.78, 5) is 0. The molecule has 1 aliphatic heterocycles. The van der Waals surface area contributed by atoms with E-state index in [1.54, 1.807) is 0 Å². The molecular formula is C11H22O3. The van der Waals surface area contributed by atoms with Gasteiger partial charge in [0.05, 0.1) is 13.2 Å². The van der Waals surface area contributed by atoms with Crippen LogP contribution in [0.25, 0.3) is 0 Å². The van der Waals surface area contributed by atoms with Crippen molar-refractivity contribution >= 4 is 0 Å². The van der Waals surface area contributed by atoms with Crippen LogP contribution in [0, 0.1) is 0 Å². The minimum Gasteiger partial charge on any atom is -0.379 e. The fourth-order valence-corrected chi connectivity index (χ4v) is 1.82. The first-order valence-electron chi connectivity index (χ1n) is 5.65. The number of hydrogen-bond acceptors (Lipinski definition) is 3. The van der Waals surface area contributed by atoms with Crippen LogP contribution in [-0.4, -0.2) is 31.7 Å². The lowest BCUT2D eigenvalue weighted by Gasteiger charge is -2.26. The second-order valence-corrected chi connectivity index (χ2v) is 3.72. The van der Waals surface area contributed by atoms with Gasteiger partial charge in [0.25, 0.3) is 0 Å². The van der Waals surface area contributed by atoms with Crippen LogP contribution in [-0.2, 0) is 14.2 Å². The second kappa shape index (κ2) is 5.69. The summed E-state index contributed by atoms with van der Waals surface area (Å²) in [5.41, 5.74) is 0. The summed E-state index contributed by atoms with van der Waals surface area (Å²) in [5, 5.41) is 0. The van der Waals surface area contributed by atoms with E-state index in [1.807, 2.05) is 6.92 Å². The van der Waals surface area contributed by atoms with Gasteiger partial charge in [-0.2, -0.15) is 0 Å². The maximum atomic E-state index is 5.89. The maximum Gasteiger partial charge on any atom is 0.168 e. The first-order chi connectivity index (χ1) is 6.76. The number of ether oxygens (including phenoxy) is 3. The molecule has 3 heteroatoms. The smallest absolute Gasteiger partial charge is 0.168 e. The van der Waals surface area contributed by atoms with Crippen LogP contribution in [0.5, 0.6) is 0 Å². The van der Waals surface area contributed by atoms with Gasteiger partial charge in [-0.25, -0.2) is 0 Å². The van der Waals surface area contributed by atoms with Crippen molar-refractivity contribution in [1.29, 1.82) is 0 Å². The van der Waals surface area contributed by atoms with Gasteiger partial charge in [-0.15, -0.1) is 0 Å². The van der Waals surface area contributed by atoms with Crippen molar-refractivity contribution < 1.29 is 14.2 Å². The zero-order chi connectivity index (χ0) is 10.4. The standard InChI is InChI=1S/C11H22O3/c1-4-7-11(5-2)13-9-10(14-11)8-12-6-3/h10H,4-9H2,1-3H3. The van der Waals surface area contributed by atoms with E-state index in [0.29, 0.717) is 13.2 Å². The monoisotopic (exact) mass is 202 g/mol. The van der Waals surface area contributed by atoms with Crippen molar-refractivity contribution in [2.45, 2.75) is 51.9 Å². The van der Waals surface area contributed by atoms with Crippen molar-refractivity contribution in [3.63, 3.8) is 0 Å². The highest BCUT2D eigenvalue weighted by molar-refractivity contribution is 4.77. The van der Waals surface area contributed by atoms with Gasteiger partial charge in [0.2, 0.25) is 0 Å². The first kappa shape index (κ1) is 12.0. The quantitative estimate of drug-likeness (QED) is 0.661. The zero-order valence-electron chi connectivity index (χ0n) is 9.54. The van der Waals surface area contributed by atoms with Gasteiger partial charge >= 0.3 is 0 Å². The van der Waals surface area contributed by atoms with Crippen molar-refractivity contribution in [2.75, 3.05) is 19.8 Å². The van der Waals surface area contributed by atoms with E-state index in [0.717, 1.165) is 25.9 Å². The van der Waals surface area contributed by atoms with Gasteiger partial charge < -0.3 is 14.2 Å². The van der Waals surface area contributed by atoms with Crippen LogP contribution < -0.4 is 0 Å². The molecule has 0 aromatic heterocycles. The Hall–Kier alpha value is -0.120. The Bertz CT molecular complexity index is 161. The van der Waals surface area contributed by atoms with E-state index in [2.05, 4.69) is 13.8 Å². The zero-order valence-corrected chi connectivity index (χ0v) is 9.54. The predicted molar refractivity (Wildman–Crippen MR) is 55.2 cm³/mol. The summed E-state index contributed by atoms with van der Waals surface area (Å²) in [6.45, 7) is 8.33. The Labute approximate surface area is 86.7 Å². The molecule has 1 fully saturated rings. The molecule has 3 nitrogen and oxygen atoms in total. The van der Waals surface area contributed by atoms with Crippen LogP contribution >= 0.6 is 0 Å². The molecule has 0 amide bonds. The Morgan fingerprint density at radius 2 is 2.14 bits per heavy atom. The molecule has 0 bridgehead atoms. The molecule has 0 radical (unpaired) electrons. The molecule has 14 heavy (non-hydrogen) atoms. The molecule has 2 unspecified atom stereocenters. The third-order valence-electron chi connectivity index (χ3n) is 2.59. The van der Waals surface area contributed by atoms with Crippen LogP contribution in [0.3, 0.4) is 0 Å². The van der Waals surface area contributed by atoms with Crippen LogP contribution in [0.15, 0.2) is 0 Å². The molecule has 0 saturated carbocycles. The minimum absolute atomic E-state index is 0.126. The minimum atomic E-state index is -0.323. The van der Waals surface area contributed by atoms with Crippen LogP contribution in [0.4, 0.5) is 0 Å². The van der Waals surface area contributed by atoms with Gasteiger partial charge in [-0.3, -0.25) is 0 Å². The van der Waals surface area contributed by atoms with E-state index in [9.17, 15) is 0 Å². The Balaban J connectivity index is 2.36. The average Bonchev–Trinajstić information content (AvgIpc) is 2.60. The summed E-state index contributed by atoms with van der Waals surface area (Å²) in [6, 6.07) is 0. The Kier molecular flexibility index (Phi) is 4.85. The predicted octanol–water partition coefficient (Wildman–Crippen LogP) is 2.34. The summed E-state index contributed by atoms with van der Waals surface area (Å²) in [7, 11) is 0. The van der Waals surface area contributed by atoms with E-state index < -0.39 is 0 Å². The molecule has 0 spiro atoms. The Morgan fingerprint density at radius 1 is 1.36 bits per heavy atom.